The summed E-state index contributed by atoms with van der Waals surface area (Å²) in [7, 11) is 0. The Hall–Kier alpha value is -4.06. The zero-order valence-corrected chi connectivity index (χ0v) is 13.1. The molecule has 26 heavy (non-hydrogen) atoms. The van der Waals surface area contributed by atoms with Crippen LogP contribution >= 0.6 is 0 Å². The van der Waals surface area contributed by atoms with Gasteiger partial charge in [-0.3, -0.25) is 14.7 Å². The number of halogens is 1. The van der Waals surface area contributed by atoms with Crippen molar-refractivity contribution in [3.63, 3.8) is 0 Å². The van der Waals surface area contributed by atoms with Gasteiger partial charge in [-0.1, -0.05) is 0 Å². The van der Waals surface area contributed by atoms with Crippen LogP contribution in [0, 0.1) is 27.3 Å². The molecule has 0 unspecified atom stereocenters. The highest BCUT2D eigenvalue weighted by molar-refractivity contribution is 5.86. The van der Waals surface area contributed by atoms with E-state index in [1.165, 1.54) is 47.4 Å². The molecular weight excluding hydrogens is 341 g/mol. The number of nitrogens with zero attached hydrogens (tertiary/aromatic N) is 5. The second-order valence-corrected chi connectivity index (χ2v) is 5.13. The number of phenolic OH excluding ortho intramolecular Hbond substituents is 1. The molecule has 0 saturated carbocycles. The normalized spacial score (nSPS) is 10.8. The standard InChI is InChI=1S/C17H10FN5O3/c18-12-1-3-13(4-2-12)22-10-21-15(8-19)17(22)20-9-11-7-14(23(25)26)5-6-16(11)24/h1-7,9-10,24H. The highest BCUT2D eigenvalue weighted by Crippen LogP contribution is 2.25. The monoisotopic (exact) mass is 351 g/mol. The number of nitro benzene ring substituents is 1. The van der Waals surface area contributed by atoms with Crippen LogP contribution in [0.4, 0.5) is 15.9 Å². The van der Waals surface area contributed by atoms with Gasteiger partial charge in [-0.25, -0.2) is 14.4 Å². The van der Waals surface area contributed by atoms with E-state index in [1.54, 1.807) is 0 Å². The second-order valence-electron chi connectivity index (χ2n) is 5.13. The van der Waals surface area contributed by atoms with Gasteiger partial charge in [0.15, 0.2) is 11.5 Å². The van der Waals surface area contributed by atoms with E-state index in [0.717, 1.165) is 12.1 Å². The van der Waals surface area contributed by atoms with Crippen molar-refractivity contribution in [2.45, 2.75) is 0 Å². The predicted octanol–water partition coefficient (Wildman–Crippen LogP) is 3.25. The van der Waals surface area contributed by atoms with E-state index in [2.05, 4.69) is 9.98 Å². The Morgan fingerprint density at radius 2 is 2.04 bits per heavy atom. The number of nitro groups is 1. The summed E-state index contributed by atoms with van der Waals surface area (Å²) in [5.74, 6) is -0.475. The Kier molecular flexibility index (Phi) is 4.40. The van der Waals surface area contributed by atoms with E-state index in [1.807, 2.05) is 6.07 Å². The molecule has 1 heterocycles. The average molecular weight is 351 g/mol. The van der Waals surface area contributed by atoms with E-state index in [9.17, 15) is 24.9 Å². The summed E-state index contributed by atoms with van der Waals surface area (Å²) in [6.07, 6.45) is 2.55. The number of aromatic nitrogens is 2. The van der Waals surface area contributed by atoms with E-state index in [4.69, 9.17) is 0 Å². The van der Waals surface area contributed by atoms with Gasteiger partial charge in [-0.15, -0.1) is 0 Å². The van der Waals surface area contributed by atoms with Crippen LogP contribution in [-0.2, 0) is 0 Å². The first kappa shape index (κ1) is 16.8. The van der Waals surface area contributed by atoms with Crippen LogP contribution in [0.2, 0.25) is 0 Å². The second kappa shape index (κ2) is 6.82. The molecule has 1 aromatic heterocycles. The van der Waals surface area contributed by atoms with Gasteiger partial charge in [0.2, 0.25) is 0 Å². The van der Waals surface area contributed by atoms with E-state index < -0.39 is 10.7 Å². The van der Waals surface area contributed by atoms with Crippen molar-refractivity contribution in [3.8, 4) is 17.5 Å². The van der Waals surface area contributed by atoms with Gasteiger partial charge in [0.05, 0.1) is 4.92 Å². The quantitative estimate of drug-likeness (QED) is 0.440. The third-order valence-electron chi connectivity index (χ3n) is 3.50. The summed E-state index contributed by atoms with van der Waals surface area (Å²) in [5, 5.41) is 29.9. The molecule has 9 heteroatoms. The Morgan fingerprint density at radius 3 is 2.69 bits per heavy atom. The minimum atomic E-state index is -0.597. The van der Waals surface area contributed by atoms with Crippen molar-refractivity contribution in [1.29, 1.82) is 5.26 Å². The van der Waals surface area contributed by atoms with Crippen LogP contribution in [0.15, 0.2) is 53.8 Å². The summed E-state index contributed by atoms with van der Waals surface area (Å²) in [6.45, 7) is 0. The van der Waals surface area contributed by atoms with Crippen LogP contribution < -0.4 is 0 Å². The molecule has 0 fully saturated rings. The molecule has 0 aliphatic rings. The number of rotatable bonds is 4. The maximum absolute atomic E-state index is 13.1. The van der Waals surface area contributed by atoms with Gasteiger partial charge < -0.3 is 5.11 Å². The van der Waals surface area contributed by atoms with Gasteiger partial charge in [-0.05, 0) is 30.3 Å². The van der Waals surface area contributed by atoms with E-state index in [-0.39, 0.29) is 28.5 Å². The lowest BCUT2D eigenvalue weighted by molar-refractivity contribution is -0.384. The molecule has 0 saturated heterocycles. The number of nitriles is 1. The first-order valence-corrected chi connectivity index (χ1v) is 7.24. The number of aromatic hydroxyl groups is 1. The molecule has 3 rings (SSSR count). The zero-order chi connectivity index (χ0) is 18.7. The van der Waals surface area contributed by atoms with Gasteiger partial charge in [0, 0.05) is 29.6 Å². The molecule has 8 nitrogen and oxygen atoms in total. The Bertz CT molecular complexity index is 1050. The Labute approximate surface area is 146 Å². The van der Waals surface area contributed by atoms with Crippen molar-refractivity contribution in [3.05, 3.63) is 76.0 Å². The number of imidazole rings is 1. The fourth-order valence-corrected chi connectivity index (χ4v) is 2.22. The van der Waals surface area contributed by atoms with E-state index >= 15 is 0 Å². The maximum Gasteiger partial charge on any atom is 0.270 e. The van der Waals surface area contributed by atoms with Crippen molar-refractivity contribution in [2.75, 3.05) is 0 Å². The number of benzene rings is 2. The van der Waals surface area contributed by atoms with Crippen molar-refractivity contribution >= 4 is 17.7 Å². The topological polar surface area (TPSA) is 117 Å². The molecule has 2 aromatic carbocycles. The Balaban J connectivity index is 2.05. The van der Waals surface area contributed by atoms with Crippen LogP contribution in [0.3, 0.4) is 0 Å². The summed E-state index contributed by atoms with van der Waals surface area (Å²) >= 11 is 0. The highest BCUT2D eigenvalue weighted by atomic mass is 19.1. The maximum atomic E-state index is 13.1. The largest absolute Gasteiger partial charge is 0.507 e. The summed E-state index contributed by atoms with van der Waals surface area (Å²) < 4.78 is 14.6. The lowest BCUT2D eigenvalue weighted by Crippen LogP contribution is -1.94. The van der Waals surface area contributed by atoms with Gasteiger partial charge in [0.1, 0.15) is 24.0 Å². The first-order chi connectivity index (χ1) is 12.5. The molecule has 0 radical (unpaired) electrons. The number of hydrogen-bond acceptors (Lipinski definition) is 6. The van der Waals surface area contributed by atoms with E-state index in [0.29, 0.717) is 5.69 Å². The minimum absolute atomic E-state index is 0.00972. The van der Waals surface area contributed by atoms with Crippen LogP contribution in [-0.4, -0.2) is 25.8 Å². The number of hydrogen-bond donors (Lipinski definition) is 1. The average Bonchev–Trinajstić information content (AvgIpc) is 3.04. The molecule has 1 N–H and O–H groups in total. The summed E-state index contributed by atoms with van der Waals surface area (Å²) in [6, 6.07) is 10.9. The number of aliphatic imine (C=N–C) groups is 1. The third kappa shape index (κ3) is 3.25. The molecule has 0 spiro atoms. The summed E-state index contributed by atoms with van der Waals surface area (Å²) in [4.78, 5) is 18.3. The molecule has 128 valence electrons. The smallest absolute Gasteiger partial charge is 0.270 e. The third-order valence-corrected chi connectivity index (χ3v) is 3.50. The highest BCUT2D eigenvalue weighted by Gasteiger charge is 2.13. The van der Waals surface area contributed by atoms with Gasteiger partial charge >= 0.3 is 0 Å². The zero-order valence-electron chi connectivity index (χ0n) is 13.1. The molecular formula is C17H10FN5O3. The van der Waals surface area contributed by atoms with Gasteiger partial charge in [0.25, 0.3) is 5.69 Å². The fourth-order valence-electron chi connectivity index (χ4n) is 2.22. The molecule has 0 bridgehead atoms. The predicted molar refractivity (Wildman–Crippen MR) is 90.3 cm³/mol. The lowest BCUT2D eigenvalue weighted by atomic mass is 10.2. The fraction of sp³-hybridized carbons (Fsp3) is 0. The number of phenols is 1. The van der Waals surface area contributed by atoms with Crippen LogP contribution in [0.1, 0.15) is 11.3 Å². The minimum Gasteiger partial charge on any atom is -0.507 e. The SMILES string of the molecule is N#Cc1ncn(-c2ccc(F)cc2)c1N=Cc1cc([N+](=O)[O-])ccc1O. The summed E-state index contributed by atoms with van der Waals surface area (Å²) in [5.41, 5.74) is 0.429. The van der Waals surface area contributed by atoms with Crippen LogP contribution in [0.25, 0.3) is 5.69 Å². The van der Waals surface area contributed by atoms with Crippen molar-refractivity contribution in [1.82, 2.24) is 9.55 Å². The molecule has 0 aliphatic carbocycles. The molecule has 0 atom stereocenters. The van der Waals surface area contributed by atoms with Crippen molar-refractivity contribution < 1.29 is 14.4 Å². The Morgan fingerprint density at radius 1 is 1.31 bits per heavy atom. The molecule has 0 aliphatic heterocycles. The van der Waals surface area contributed by atoms with Gasteiger partial charge in [-0.2, -0.15) is 5.26 Å². The molecule has 3 aromatic rings. The van der Waals surface area contributed by atoms with Crippen molar-refractivity contribution in [2.24, 2.45) is 4.99 Å². The number of non-ortho nitro benzene ring substituents is 1. The van der Waals surface area contributed by atoms with Crippen LogP contribution in [0.5, 0.6) is 5.75 Å². The first-order valence-electron chi connectivity index (χ1n) is 7.24. The lowest BCUT2D eigenvalue weighted by Gasteiger charge is -2.05. The molecule has 0 amide bonds.